The fraction of sp³-hybridized carbons (Fsp3) is 0.350. The molecule has 0 spiro atoms. The zero-order valence-corrected chi connectivity index (χ0v) is 16.3. The van der Waals surface area contributed by atoms with Crippen LogP contribution in [-0.4, -0.2) is 35.1 Å². The molecule has 0 saturated carbocycles. The number of rotatable bonds is 6. The summed E-state index contributed by atoms with van der Waals surface area (Å²) in [5.41, 5.74) is 1.27. The highest BCUT2D eigenvalue weighted by molar-refractivity contribution is 7.20. The number of nitrogens with zero attached hydrogens (tertiary/aromatic N) is 2. The maximum Gasteiger partial charge on any atom is 0.261 e. The number of aromatic nitrogens is 2. The summed E-state index contributed by atoms with van der Waals surface area (Å²) in [6, 6.07) is 6.41. The molecule has 1 aromatic carbocycles. The molecular weight excluding hydrogens is 379 g/mol. The minimum Gasteiger partial charge on any atom is -0.376 e. The number of hydrogen-bond acceptors (Lipinski definition) is 6. The topological polar surface area (TPSA) is 76.1 Å². The van der Waals surface area contributed by atoms with Crippen LogP contribution in [0.1, 0.15) is 33.6 Å². The fourth-order valence-corrected chi connectivity index (χ4v) is 4.40. The molecule has 28 heavy (non-hydrogen) atoms. The second-order valence-electron chi connectivity index (χ2n) is 6.75. The molecule has 1 unspecified atom stereocenters. The van der Waals surface area contributed by atoms with Crippen molar-refractivity contribution in [3.63, 3.8) is 0 Å². The molecule has 1 atom stereocenters. The highest BCUT2D eigenvalue weighted by Gasteiger charge is 2.21. The third kappa shape index (κ3) is 3.83. The van der Waals surface area contributed by atoms with Crippen LogP contribution in [0.2, 0.25) is 0 Å². The lowest BCUT2D eigenvalue weighted by atomic mass is 10.1. The Morgan fingerprint density at radius 1 is 1.36 bits per heavy atom. The van der Waals surface area contributed by atoms with E-state index in [0.717, 1.165) is 35.2 Å². The number of benzene rings is 1. The molecule has 1 aliphatic heterocycles. The van der Waals surface area contributed by atoms with Crippen molar-refractivity contribution in [2.45, 2.75) is 32.4 Å². The number of carbonyl (C=O) groups excluding carboxylic acids is 1. The molecule has 6 nitrogen and oxygen atoms in total. The molecule has 1 saturated heterocycles. The van der Waals surface area contributed by atoms with Gasteiger partial charge in [0.15, 0.2) is 0 Å². The van der Waals surface area contributed by atoms with Gasteiger partial charge in [-0.1, -0.05) is 18.2 Å². The van der Waals surface area contributed by atoms with Crippen molar-refractivity contribution in [3.05, 3.63) is 52.4 Å². The Labute approximate surface area is 166 Å². The lowest BCUT2D eigenvalue weighted by Gasteiger charge is -2.12. The van der Waals surface area contributed by atoms with E-state index in [4.69, 9.17) is 4.74 Å². The van der Waals surface area contributed by atoms with E-state index >= 15 is 0 Å². The number of amides is 1. The molecule has 2 aromatic heterocycles. The van der Waals surface area contributed by atoms with E-state index in [2.05, 4.69) is 20.6 Å². The smallest absolute Gasteiger partial charge is 0.261 e. The van der Waals surface area contributed by atoms with Crippen LogP contribution in [0.4, 0.5) is 10.2 Å². The van der Waals surface area contributed by atoms with E-state index < -0.39 is 0 Å². The Morgan fingerprint density at radius 3 is 3.00 bits per heavy atom. The molecule has 3 aromatic rings. The van der Waals surface area contributed by atoms with Gasteiger partial charge in [0.2, 0.25) is 0 Å². The quantitative estimate of drug-likeness (QED) is 0.660. The van der Waals surface area contributed by atoms with Gasteiger partial charge in [0, 0.05) is 25.3 Å². The number of anilines is 1. The molecule has 0 aliphatic carbocycles. The first kappa shape index (κ1) is 18.8. The summed E-state index contributed by atoms with van der Waals surface area (Å²) >= 11 is 1.32. The predicted molar refractivity (Wildman–Crippen MR) is 107 cm³/mol. The Morgan fingerprint density at radius 2 is 2.21 bits per heavy atom. The molecule has 0 radical (unpaired) electrons. The van der Waals surface area contributed by atoms with Crippen molar-refractivity contribution in [3.8, 4) is 0 Å². The van der Waals surface area contributed by atoms with Crippen LogP contribution in [0.25, 0.3) is 10.2 Å². The maximum absolute atomic E-state index is 13.8. The molecule has 3 heterocycles. The standard InChI is InChI=1S/C20H21FN4O2S/c1-12-16-18(22-10-14-6-4-8-27-14)24-11-25-20(16)28-17(12)19(26)23-9-13-5-2-3-7-15(13)21/h2-3,5,7,11,14H,4,6,8-10H2,1H3,(H,23,26)(H,22,24,25). The van der Waals surface area contributed by atoms with E-state index in [9.17, 15) is 9.18 Å². The van der Waals surface area contributed by atoms with Gasteiger partial charge in [-0.15, -0.1) is 11.3 Å². The van der Waals surface area contributed by atoms with E-state index in [1.54, 1.807) is 18.2 Å². The first-order valence-electron chi connectivity index (χ1n) is 9.24. The predicted octanol–water partition coefficient (Wildman–Crippen LogP) is 3.66. The molecule has 2 N–H and O–H groups in total. The third-order valence-electron chi connectivity index (χ3n) is 4.85. The van der Waals surface area contributed by atoms with Crippen LogP contribution in [-0.2, 0) is 11.3 Å². The Balaban J connectivity index is 1.52. The fourth-order valence-electron chi connectivity index (χ4n) is 3.34. The number of nitrogens with one attached hydrogen (secondary N) is 2. The first-order valence-corrected chi connectivity index (χ1v) is 10.1. The largest absolute Gasteiger partial charge is 0.376 e. The molecule has 4 rings (SSSR count). The summed E-state index contributed by atoms with van der Waals surface area (Å²) in [5, 5.41) is 6.98. The summed E-state index contributed by atoms with van der Waals surface area (Å²) in [4.78, 5) is 22.7. The van der Waals surface area contributed by atoms with Crippen molar-refractivity contribution in [2.75, 3.05) is 18.5 Å². The molecular formula is C20H21FN4O2S. The first-order chi connectivity index (χ1) is 13.6. The van der Waals surface area contributed by atoms with Crippen molar-refractivity contribution in [1.29, 1.82) is 0 Å². The van der Waals surface area contributed by atoms with Gasteiger partial charge in [-0.25, -0.2) is 14.4 Å². The number of hydrogen-bond donors (Lipinski definition) is 2. The summed E-state index contributed by atoms with van der Waals surface area (Å²) in [5.74, 6) is 0.138. The van der Waals surface area contributed by atoms with Gasteiger partial charge in [0.25, 0.3) is 5.91 Å². The maximum atomic E-state index is 13.8. The number of ether oxygens (including phenoxy) is 1. The van der Waals surface area contributed by atoms with Crippen LogP contribution in [0.15, 0.2) is 30.6 Å². The van der Waals surface area contributed by atoms with Gasteiger partial charge < -0.3 is 15.4 Å². The van der Waals surface area contributed by atoms with Crippen molar-refractivity contribution in [1.82, 2.24) is 15.3 Å². The highest BCUT2D eigenvalue weighted by Crippen LogP contribution is 2.33. The van der Waals surface area contributed by atoms with Gasteiger partial charge in [0.1, 0.15) is 22.8 Å². The van der Waals surface area contributed by atoms with Crippen LogP contribution < -0.4 is 10.6 Å². The molecule has 0 bridgehead atoms. The number of halogens is 1. The summed E-state index contributed by atoms with van der Waals surface area (Å²) in [7, 11) is 0. The number of fused-ring (bicyclic) bond motifs is 1. The minimum atomic E-state index is -0.331. The lowest BCUT2D eigenvalue weighted by Crippen LogP contribution is -2.23. The van der Waals surface area contributed by atoms with E-state index in [1.165, 1.54) is 23.7 Å². The van der Waals surface area contributed by atoms with Gasteiger partial charge in [-0.3, -0.25) is 4.79 Å². The van der Waals surface area contributed by atoms with Gasteiger partial charge in [0.05, 0.1) is 16.4 Å². The number of thiophene rings is 1. The summed E-state index contributed by atoms with van der Waals surface area (Å²) < 4.78 is 19.4. The van der Waals surface area contributed by atoms with Gasteiger partial charge in [-0.2, -0.15) is 0 Å². The summed E-state index contributed by atoms with van der Waals surface area (Å²) in [6.07, 6.45) is 3.80. The highest BCUT2D eigenvalue weighted by atomic mass is 32.1. The second-order valence-corrected chi connectivity index (χ2v) is 7.75. The van der Waals surface area contributed by atoms with Crippen LogP contribution in [0, 0.1) is 12.7 Å². The number of aryl methyl sites for hydroxylation is 1. The molecule has 1 aliphatic rings. The molecule has 8 heteroatoms. The van der Waals surface area contributed by atoms with Crippen LogP contribution in [0.3, 0.4) is 0 Å². The molecule has 1 fully saturated rings. The van der Waals surface area contributed by atoms with E-state index in [0.29, 0.717) is 22.8 Å². The summed E-state index contributed by atoms with van der Waals surface area (Å²) in [6.45, 7) is 3.50. The average molecular weight is 400 g/mol. The Kier molecular flexibility index (Phi) is 5.50. The second kappa shape index (κ2) is 8.20. The lowest BCUT2D eigenvalue weighted by molar-refractivity contribution is 0.0954. The van der Waals surface area contributed by atoms with Crippen molar-refractivity contribution < 1.29 is 13.9 Å². The SMILES string of the molecule is Cc1c(C(=O)NCc2ccccc2F)sc2ncnc(NCC3CCCO3)c12. The van der Waals surface area contributed by atoms with Crippen molar-refractivity contribution in [2.24, 2.45) is 0 Å². The Bertz CT molecular complexity index is 1000. The normalized spacial score (nSPS) is 16.4. The zero-order chi connectivity index (χ0) is 19.5. The van der Waals surface area contributed by atoms with E-state index in [1.807, 2.05) is 6.92 Å². The Hall–Kier alpha value is -2.58. The van der Waals surface area contributed by atoms with Crippen molar-refractivity contribution >= 4 is 33.3 Å². The minimum absolute atomic E-state index is 0.134. The van der Waals surface area contributed by atoms with Gasteiger partial charge in [-0.05, 0) is 31.4 Å². The monoisotopic (exact) mass is 400 g/mol. The van der Waals surface area contributed by atoms with Crippen LogP contribution in [0.5, 0.6) is 0 Å². The van der Waals surface area contributed by atoms with E-state index in [-0.39, 0.29) is 24.4 Å². The third-order valence-corrected chi connectivity index (χ3v) is 6.05. The molecule has 1 amide bonds. The van der Waals surface area contributed by atoms with Gasteiger partial charge >= 0.3 is 0 Å². The zero-order valence-electron chi connectivity index (χ0n) is 15.5. The van der Waals surface area contributed by atoms with Crippen LogP contribution >= 0.6 is 11.3 Å². The average Bonchev–Trinajstić information content (AvgIpc) is 3.34. The number of carbonyl (C=O) groups is 1. The molecule has 146 valence electrons.